The van der Waals surface area contributed by atoms with Gasteiger partial charge in [-0.05, 0) is 57.5 Å². The van der Waals surface area contributed by atoms with Gasteiger partial charge in [-0.3, -0.25) is 4.79 Å². The van der Waals surface area contributed by atoms with Gasteiger partial charge in [0.05, 0.1) is 5.41 Å². The molecule has 1 aromatic carbocycles. The van der Waals surface area contributed by atoms with Crippen LogP contribution >= 0.6 is 0 Å². The first-order chi connectivity index (χ1) is 9.93. The van der Waals surface area contributed by atoms with Crippen molar-refractivity contribution in [2.24, 2.45) is 0 Å². The van der Waals surface area contributed by atoms with Gasteiger partial charge in [0.2, 0.25) is 5.91 Å². The SMILES string of the molecule is CCN1CCCC(NC(=O)C(C)(C)c2ccc(N)cc2)C1. The monoisotopic (exact) mass is 289 g/mol. The smallest absolute Gasteiger partial charge is 0.230 e. The van der Waals surface area contributed by atoms with Crippen LogP contribution < -0.4 is 11.1 Å². The zero-order valence-corrected chi connectivity index (χ0v) is 13.4. The molecule has 4 heteroatoms. The van der Waals surface area contributed by atoms with Crippen molar-refractivity contribution in [3.8, 4) is 0 Å². The second kappa shape index (κ2) is 6.48. The molecule has 1 aliphatic heterocycles. The van der Waals surface area contributed by atoms with Gasteiger partial charge in [0, 0.05) is 18.3 Å². The molecule has 1 atom stereocenters. The minimum absolute atomic E-state index is 0.0928. The maximum absolute atomic E-state index is 12.7. The van der Waals surface area contributed by atoms with E-state index in [1.165, 1.54) is 0 Å². The fraction of sp³-hybridized carbons (Fsp3) is 0.588. The minimum atomic E-state index is -0.539. The number of nitrogen functional groups attached to an aromatic ring is 1. The van der Waals surface area contributed by atoms with E-state index in [0.717, 1.165) is 43.7 Å². The number of likely N-dealkylation sites (N-methyl/N-ethyl adjacent to an activating group) is 1. The Bertz CT molecular complexity index is 481. The molecule has 0 spiro atoms. The van der Waals surface area contributed by atoms with Gasteiger partial charge < -0.3 is 16.0 Å². The van der Waals surface area contributed by atoms with Crippen molar-refractivity contribution in [3.05, 3.63) is 29.8 Å². The van der Waals surface area contributed by atoms with Gasteiger partial charge in [0.25, 0.3) is 0 Å². The first-order valence-corrected chi connectivity index (χ1v) is 7.83. The number of anilines is 1. The van der Waals surface area contributed by atoms with Crippen LogP contribution in [0.5, 0.6) is 0 Å². The van der Waals surface area contributed by atoms with Crippen LogP contribution in [0, 0.1) is 0 Å². The van der Waals surface area contributed by atoms with Crippen LogP contribution in [0.2, 0.25) is 0 Å². The number of benzene rings is 1. The van der Waals surface area contributed by atoms with Gasteiger partial charge >= 0.3 is 0 Å². The number of carbonyl (C=O) groups is 1. The second-order valence-corrected chi connectivity index (χ2v) is 6.45. The average Bonchev–Trinajstić information content (AvgIpc) is 2.48. The number of likely N-dealkylation sites (tertiary alicyclic amines) is 1. The predicted octanol–water partition coefficient (Wildman–Crippen LogP) is 2.15. The third kappa shape index (κ3) is 3.76. The molecule has 116 valence electrons. The predicted molar refractivity (Wildman–Crippen MR) is 87.2 cm³/mol. The van der Waals surface area contributed by atoms with Gasteiger partial charge in [-0.25, -0.2) is 0 Å². The Labute approximate surface area is 127 Å². The molecule has 0 bridgehead atoms. The van der Waals surface area contributed by atoms with E-state index in [1.807, 2.05) is 38.1 Å². The van der Waals surface area contributed by atoms with Crippen LogP contribution in [0.1, 0.15) is 39.2 Å². The summed E-state index contributed by atoms with van der Waals surface area (Å²) in [6, 6.07) is 7.84. The van der Waals surface area contributed by atoms with Gasteiger partial charge in [0.1, 0.15) is 0 Å². The lowest BCUT2D eigenvalue weighted by atomic mass is 9.83. The van der Waals surface area contributed by atoms with Gasteiger partial charge in [-0.1, -0.05) is 19.1 Å². The molecule has 3 N–H and O–H groups in total. The number of piperidine rings is 1. The summed E-state index contributed by atoms with van der Waals surface area (Å²) >= 11 is 0. The number of nitrogens with two attached hydrogens (primary N) is 1. The molecule has 1 aliphatic rings. The van der Waals surface area contributed by atoms with Crippen molar-refractivity contribution >= 4 is 11.6 Å². The third-order valence-corrected chi connectivity index (χ3v) is 4.49. The lowest BCUT2D eigenvalue weighted by molar-refractivity contribution is -0.126. The summed E-state index contributed by atoms with van der Waals surface area (Å²) in [5.41, 5.74) is 6.90. The normalized spacial score (nSPS) is 20.2. The molecule has 0 aliphatic carbocycles. The lowest BCUT2D eigenvalue weighted by Gasteiger charge is -2.34. The molecule has 1 amide bonds. The molecule has 1 saturated heterocycles. The fourth-order valence-electron chi connectivity index (χ4n) is 2.86. The van der Waals surface area contributed by atoms with Crippen LogP contribution in [0.4, 0.5) is 5.69 Å². The van der Waals surface area contributed by atoms with Crippen molar-refractivity contribution in [1.82, 2.24) is 10.2 Å². The summed E-state index contributed by atoms with van der Waals surface area (Å²) in [7, 11) is 0. The summed E-state index contributed by atoms with van der Waals surface area (Å²) in [5, 5.41) is 3.22. The van der Waals surface area contributed by atoms with E-state index < -0.39 is 5.41 Å². The first kappa shape index (κ1) is 15.8. The van der Waals surface area contributed by atoms with Crippen LogP contribution in [0.15, 0.2) is 24.3 Å². The molecule has 0 radical (unpaired) electrons. The number of nitrogens with zero attached hydrogens (tertiary/aromatic N) is 1. The van der Waals surface area contributed by atoms with E-state index in [-0.39, 0.29) is 11.9 Å². The van der Waals surface area contributed by atoms with Crippen LogP contribution in [-0.4, -0.2) is 36.5 Å². The zero-order chi connectivity index (χ0) is 15.5. The third-order valence-electron chi connectivity index (χ3n) is 4.49. The number of hydrogen-bond donors (Lipinski definition) is 2. The highest BCUT2D eigenvalue weighted by Gasteiger charge is 2.32. The number of amides is 1. The van der Waals surface area contributed by atoms with Crippen LogP contribution in [-0.2, 0) is 10.2 Å². The molecule has 1 unspecified atom stereocenters. The number of nitrogens with one attached hydrogen (secondary N) is 1. The summed E-state index contributed by atoms with van der Waals surface area (Å²) in [6.45, 7) is 9.25. The zero-order valence-electron chi connectivity index (χ0n) is 13.4. The molecule has 4 nitrogen and oxygen atoms in total. The molecular weight excluding hydrogens is 262 g/mol. The van der Waals surface area contributed by atoms with Crippen molar-refractivity contribution in [3.63, 3.8) is 0 Å². The molecular formula is C17H27N3O. The number of carbonyl (C=O) groups excluding carboxylic acids is 1. The molecule has 0 saturated carbocycles. The van der Waals surface area contributed by atoms with E-state index >= 15 is 0 Å². The fourth-order valence-corrected chi connectivity index (χ4v) is 2.86. The largest absolute Gasteiger partial charge is 0.399 e. The van der Waals surface area contributed by atoms with Crippen molar-refractivity contribution in [2.45, 2.75) is 45.1 Å². The quantitative estimate of drug-likeness (QED) is 0.835. The number of hydrogen-bond acceptors (Lipinski definition) is 3. The number of rotatable bonds is 4. The van der Waals surface area contributed by atoms with Crippen LogP contribution in [0.3, 0.4) is 0 Å². The Kier molecular flexibility index (Phi) is 4.88. The Hall–Kier alpha value is -1.55. The molecule has 1 heterocycles. The van der Waals surface area contributed by atoms with Crippen molar-refractivity contribution in [2.75, 3.05) is 25.4 Å². The Morgan fingerprint density at radius 2 is 2.05 bits per heavy atom. The Morgan fingerprint density at radius 3 is 2.67 bits per heavy atom. The van der Waals surface area contributed by atoms with Crippen molar-refractivity contribution < 1.29 is 4.79 Å². The van der Waals surface area contributed by atoms with E-state index in [0.29, 0.717) is 0 Å². The maximum atomic E-state index is 12.7. The van der Waals surface area contributed by atoms with E-state index in [2.05, 4.69) is 17.1 Å². The van der Waals surface area contributed by atoms with E-state index in [9.17, 15) is 4.79 Å². The average molecular weight is 289 g/mol. The molecule has 0 aromatic heterocycles. The highest BCUT2D eigenvalue weighted by atomic mass is 16.2. The van der Waals surface area contributed by atoms with E-state index in [4.69, 9.17) is 5.73 Å². The standard InChI is InChI=1S/C17H27N3O/c1-4-20-11-5-6-15(12-20)19-16(21)17(2,3)13-7-9-14(18)10-8-13/h7-10,15H,4-6,11-12,18H2,1-3H3,(H,19,21). The first-order valence-electron chi connectivity index (χ1n) is 7.83. The van der Waals surface area contributed by atoms with Gasteiger partial charge in [-0.15, -0.1) is 0 Å². The van der Waals surface area contributed by atoms with Gasteiger partial charge in [-0.2, -0.15) is 0 Å². The summed E-state index contributed by atoms with van der Waals surface area (Å²) in [4.78, 5) is 15.0. The van der Waals surface area contributed by atoms with E-state index in [1.54, 1.807) is 0 Å². The second-order valence-electron chi connectivity index (χ2n) is 6.45. The Balaban J connectivity index is 2.02. The topological polar surface area (TPSA) is 58.4 Å². The minimum Gasteiger partial charge on any atom is -0.399 e. The summed E-state index contributed by atoms with van der Waals surface area (Å²) < 4.78 is 0. The van der Waals surface area contributed by atoms with Crippen LogP contribution in [0.25, 0.3) is 0 Å². The summed E-state index contributed by atoms with van der Waals surface area (Å²) in [5.74, 6) is 0.0928. The van der Waals surface area contributed by atoms with Gasteiger partial charge in [0.15, 0.2) is 0 Å². The summed E-state index contributed by atoms with van der Waals surface area (Å²) in [6.07, 6.45) is 2.22. The van der Waals surface area contributed by atoms with Crippen molar-refractivity contribution in [1.29, 1.82) is 0 Å². The highest BCUT2D eigenvalue weighted by Crippen LogP contribution is 2.25. The maximum Gasteiger partial charge on any atom is 0.230 e. The Morgan fingerprint density at radius 1 is 1.38 bits per heavy atom. The molecule has 21 heavy (non-hydrogen) atoms. The highest BCUT2D eigenvalue weighted by molar-refractivity contribution is 5.87. The molecule has 1 fully saturated rings. The molecule has 1 aromatic rings. The molecule has 2 rings (SSSR count). The lowest BCUT2D eigenvalue weighted by Crippen LogP contribution is -2.51.